The van der Waals surface area contributed by atoms with Gasteiger partial charge in [0.1, 0.15) is 6.54 Å². The van der Waals surface area contributed by atoms with Gasteiger partial charge in [0.2, 0.25) is 5.91 Å². The maximum absolute atomic E-state index is 12.3. The van der Waals surface area contributed by atoms with Crippen LogP contribution in [0.2, 0.25) is 0 Å². The van der Waals surface area contributed by atoms with Crippen LogP contribution in [0.1, 0.15) is 17.7 Å². The van der Waals surface area contributed by atoms with E-state index < -0.39 is 0 Å². The van der Waals surface area contributed by atoms with E-state index in [2.05, 4.69) is 33.1 Å². The van der Waals surface area contributed by atoms with Crippen LogP contribution in [0.4, 0.5) is 0 Å². The topological polar surface area (TPSA) is 46.4 Å². The molecule has 1 aliphatic carbocycles. The fourth-order valence-electron chi connectivity index (χ4n) is 3.32. The molecule has 0 fully saturated rings. The Morgan fingerprint density at radius 1 is 1.33 bits per heavy atom. The lowest BCUT2D eigenvalue weighted by Crippen LogP contribution is -2.31. The molecule has 0 unspecified atom stereocenters. The van der Waals surface area contributed by atoms with Crippen molar-refractivity contribution in [2.24, 2.45) is 4.99 Å². The molecule has 21 heavy (non-hydrogen) atoms. The van der Waals surface area contributed by atoms with Gasteiger partial charge < -0.3 is 9.88 Å². The minimum absolute atomic E-state index is 0.0265. The van der Waals surface area contributed by atoms with Crippen LogP contribution in [0.5, 0.6) is 0 Å². The summed E-state index contributed by atoms with van der Waals surface area (Å²) in [5.41, 5.74) is 3.96. The van der Waals surface area contributed by atoms with Gasteiger partial charge in [0, 0.05) is 22.3 Å². The first-order chi connectivity index (χ1) is 10.3. The van der Waals surface area contributed by atoms with E-state index >= 15 is 0 Å². The number of hydrogen-bond acceptors (Lipinski definition) is 3. The second-order valence-corrected chi connectivity index (χ2v) is 6.55. The van der Waals surface area contributed by atoms with E-state index in [-0.39, 0.29) is 5.91 Å². The number of fused-ring (bicyclic) bond motifs is 3. The quantitative estimate of drug-likeness (QED) is 0.925. The highest BCUT2D eigenvalue weighted by molar-refractivity contribution is 8.14. The number of aliphatic imine (C=N–C) groups is 1. The van der Waals surface area contributed by atoms with E-state index in [1.54, 1.807) is 11.8 Å². The highest BCUT2D eigenvalue weighted by Gasteiger charge is 2.22. The number of aryl methyl sites for hydroxylation is 1. The largest absolute Gasteiger partial charge is 0.335 e. The molecule has 1 aromatic heterocycles. The number of aromatic nitrogens is 1. The summed E-state index contributed by atoms with van der Waals surface area (Å²) in [6.07, 6.45) is 3.40. The Hall–Kier alpha value is -1.75. The Morgan fingerprint density at radius 3 is 3.10 bits per heavy atom. The van der Waals surface area contributed by atoms with Crippen molar-refractivity contribution in [2.45, 2.75) is 25.8 Å². The van der Waals surface area contributed by atoms with Gasteiger partial charge in [0.15, 0.2) is 5.17 Å². The lowest BCUT2D eigenvalue weighted by Gasteiger charge is -2.09. The molecule has 0 saturated heterocycles. The van der Waals surface area contributed by atoms with Crippen LogP contribution in [-0.2, 0) is 24.2 Å². The molecule has 108 valence electrons. The molecule has 1 aliphatic heterocycles. The first-order valence-electron chi connectivity index (χ1n) is 7.39. The summed E-state index contributed by atoms with van der Waals surface area (Å²) in [5, 5.41) is 5.01. The highest BCUT2D eigenvalue weighted by atomic mass is 32.2. The highest BCUT2D eigenvalue weighted by Crippen LogP contribution is 2.32. The van der Waals surface area contributed by atoms with Crippen molar-refractivity contribution >= 4 is 33.7 Å². The van der Waals surface area contributed by atoms with Gasteiger partial charge in [-0.05, 0) is 30.9 Å². The molecule has 0 radical (unpaired) electrons. The van der Waals surface area contributed by atoms with Crippen molar-refractivity contribution < 1.29 is 4.79 Å². The molecule has 0 atom stereocenters. The molecular weight excluding hydrogens is 282 g/mol. The average Bonchev–Trinajstić information content (AvgIpc) is 3.19. The van der Waals surface area contributed by atoms with Crippen LogP contribution >= 0.6 is 11.8 Å². The SMILES string of the molecule is O=C(Cn1c2c(c3ccccc31)CCC2)NC1=NCCS1. The average molecular weight is 299 g/mol. The molecule has 2 aliphatic rings. The zero-order valence-electron chi connectivity index (χ0n) is 11.8. The zero-order valence-corrected chi connectivity index (χ0v) is 12.6. The minimum atomic E-state index is 0.0265. The summed E-state index contributed by atoms with van der Waals surface area (Å²) >= 11 is 1.62. The lowest BCUT2D eigenvalue weighted by molar-refractivity contribution is -0.120. The number of thioether (sulfide) groups is 1. The maximum atomic E-state index is 12.3. The number of para-hydroxylation sites is 1. The van der Waals surface area contributed by atoms with Gasteiger partial charge >= 0.3 is 0 Å². The van der Waals surface area contributed by atoms with Gasteiger partial charge in [0.05, 0.1) is 6.54 Å². The number of nitrogens with zero attached hydrogens (tertiary/aromatic N) is 2. The van der Waals surface area contributed by atoms with Crippen molar-refractivity contribution in [3.8, 4) is 0 Å². The smallest absolute Gasteiger partial charge is 0.245 e. The minimum Gasteiger partial charge on any atom is -0.335 e. The molecule has 0 saturated carbocycles. The Labute approximate surface area is 127 Å². The number of rotatable bonds is 2. The molecule has 0 bridgehead atoms. The van der Waals surface area contributed by atoms with Crippen molar-refractivity contribution in [3.05, 3.63) is 35.5 Å². The van der Waals surface area contributed by atoms with E-state index in [4.69, 9.17) is 0 Å². The predicted molar refractivity (Wildman–Crippen MR) is 86.9 cm³/mol. The van der Waals surface area contributed by atoms with E-state index in [0.29, 0.717) is 6.54 Å². The first kappa shape index (κ1) is 13.0. The van der Waals surface area contributed by atoms with Crippen molar-refractivity contribution in [1.29, 1.82) is 0 Å². The second-order valence-electron chi connectivity index (χ2n) is 5.47. The van der Waals surface area contributed by atoms with Crippen molar-refractivity contribution in [2.75, 3.05) is 12.3 Å². The molecule has 1 amide bonds. The van der Waals surface area contributed by atoms with Gasteiger partial charge in [-0.1, -0.05) is 30.0 Å². The summed E-state index contributed by atoms with van der Waals surface area (Å²) in [7, 11) is 0. The molecule has 2 aromatic rings. The Morgan fingerprint density at radius 2 is 2.24 bits per heavy atom. The first-order valence-corrected chi connectivity index (χ1v) is 8.37. The van der Waals surface area contributed by atoms with Crippen LogP contribution in [0.25, 0.3) is 10.9 Å². The molecule has 4 nitrogen and oxygen atoms in total. The summed E-state index contributed by atoms with van der Waals surface area (Å²) in [4.78, 5) is 16.6. The maximum Gasteiger partial charge on any atom is 0.245 e. The third-order valence-corrected chi connectivity index (χ3v) is 5.06. The van der Waals surface area contributed by atoms with Gasteiger partial charge in [-0.25, -0.2) is 0 Å². The number of carbonyl (C=O) groups is 1. The number of hydrogen-bond donors (Lipinski definition) is 1. The van der Waals surface area contributed by atoms with E-state index in [1.807, 2.05) is 6.07 Å². The summed E-state index contributed by atoms with van der Waals surface area (Å²) < 4.78 is 2.19. The van der Waals surface area contributed by atoms with Crippen LogP contribution in [-0.4, -0.2) is 27.9 Å². The normalized spacial score (nSPS) is 17.0. The zero-order chi connectivity index (χ0) is 14.2. The lowest BCUT2D eigenvalue weighted by atomic mass is 10.1. The van der Waals surface area contributed by atoms with Crippen LogP contribution in [0.3, 0.4) is 0 Å². The van der Waals surface area contributed by atoms with E-state index in [0.717, 1.165) is 30.3 Å². The van der Waals surface area contributed by atoms with Crippen LogP contribution in [0.15, 0.2) is 29.3 Å². The molecule has 2 heterocycles. The van der Waals surface area contributed by atoms with Crippen LogP contribution < -0.4 is 5.32 Å². The molecule has 0 spiro atoms. The summed E-state index contributed by atoms with van der Waals surface area (Å²) in [6.45, 7) is 1.19. The number of amides is 1. The number of amidine groups is 1. The van der Waals surface area contributed by atoms with Crippen molar-refractivity contribution in [1.82, 2.24) is 9.88 Å². The van der Waals surface area contributed by atoms with Crippen molar-refractivity contribution in [3.63, 3.8) is 0 Å². The van der Waals surface area contributed by atoms with Gasteiger partial charge in [-0.2, -0.15) is 0 Å². The number of carbonyl (C=O) groups excluding carboxylic acids is 1. The number of benzene rings is 1. The summed E-state index contributed by atoms with van der Waals surface area (Å²) in [6, 6.07) is 8.41. The number of nitrogens with one attached hydrogen (secondary N) is 1. The standard InChI is InChI=1S/C16H17N3OS/c20-15(18-16-17-8-9-21-16)10-19-13-6-2-1-4-11(13)12-5-3-7-14(12)19/h1-2,4,6H,3,5,7-10H2,(H,17,18,20). The van der Waals surface area contributed by atoms with Gasteiger partial charge in [0.25, 0.3) is 0 Å². The third-order valence-electron chi connectivity index (χ3n) is 4.17. The Kier molecular flexibility index (Phi) is 3.22. The molecular formula is C16H17N3OS. The van der Waals surface area contributed by atoms with E-state index in [9.17, 15) is 4.79 Å². The molecule has 1 N–H and O–H groups in total. The molecule has 4 rings (SSSR count). The Balaban J connectivity index is 1.65. The van der Waals surface area contributed by atoms with Gasteiger partial charge in [-0.15, -0.1) is 0 Å². The molecule has 5 heteroatoms. The van der Waals surface area contributed by atoms with Crippen LogP contribution in [0, 0.1) is 0 Å². The fourth-order valence-corrected chi connectivity index (χ4v) is 4.06. The molecule has 1 aromatic carbocycles. The monoisotopic (exact) mass is 299 g/mol. The summed E-state index contributed by atoms with van der Waals surface area (Å²) in [5.74, 6) is 0.996. The van der Waals surface area contributed by atoms with Gasteiger partial charge in [-0.3, -0.25) is 9.79 Å². The third kappa shape index (κ3) is 2.25. The predicted octanol–water partition coefficient (Wildman–Crippen LogP) is 2.35. The Bertz CT molecular complexity index is 747. The second kappa shape index (κ2) is 5.22. The van der Waals surface area contributed by atoms with E-state index in [1.165, 1.54) is 28.6 Å². The fraction of sp³-hybridized carbons (Fsp3) is 0.375.